The molecular formula is C14H21F3N4O3S. The fourth-order valence-electron chi connectivity index (χ4n) is 3.16. The maximum absolute atomic E-state index is 12.9. The number of alkyl halides is 3. The maximum atomic E-state index is 12.9. The van der Waals surface area contributed by atoms with E-state index in [0.717, 1.165) is 23.8 Å². The Labute approximate surface area is 143 Å². The van der Waals surface area contributed by atoms with Crippen molar-refractivity contribution < 1.29 is 26.4 Å². The first kappa shape index (κ1) is 19.5. The zero-order chi connectivity index (χ0) is 19.0. The van der Waals surface area contributed by atoms with Gasteiger partial charge in [0.25, 0.3) is 0 Å². The number of aromatic nitrogens is 2. The van der Waals surface area contributed by atoms with Crippen molar-refractivity contribution in [1.82, 2.24) is 15.1 Å². The van der Waals surface area contributed by atoms with E-state index in [9.17, 15) is 26.4 Å². The molecule has 1 aromatic heterocycles. The Morgan fingerprint density at radius 3 is 2.40 bits per heavy atom. The molecule has 1 aliphatic rings. The Kier molecular flexibility index (Phi) is 5.35. The fraction of sp³-hybridized carbons (Fsp3) is 0.714. The maximum Gasteiger partial charge on any atom is 0.435 e. The van der Waals surface area contributed by atoms with Gasteiger partial charge in [-0.2, -0.15) is 18.3 Å². The third kappa shape index (κ3) is 4.44. The molecule has 0 spiro atoms. The largest absolute Gasteiger partial charge is 0.435 e. The lowest BCUT2D eigenvalue weighted by atomic mass is 9.95. The monoisotopic (exact) mass is 382 g/mol. The minimum Gasteiger partial charge on any atom is -0.334 e. The lowest BCUT2D eigenvalue weighted by Gasteiger charge is -2.30. The molecule has 142 valence electrons. The molecule has 2 N–H and O–H groups in total. The van der Waals surface area contributed by atoms with Gasteiger partial charge in [-0.05, 0) is 19.8 Å². The molecule has 2 atom stereocenters. The summed E-state index contributed by atoms with van der Waals surface area (Å²) < 4.78 is 63.2. The summed E-state index contributed by atoms with van der Waals surface area (Å²) in [5.41, 5.74) is -1.27. The van der Waals surface area contributed by atoms with E-state index in [0.29, 0.717) is 12.8 Å². The molecular weight excluding hydrogens is 361 g/mol. The lowest BCUT2D eigenvalue weighted by molar-refractivity contribution is -0.141. The van der Waals surface area contributed by atoms with E-state index in [2.05, 4.69) is 15.7 Å². The second-order valence-corrected chi connectivity index (χ2v) is 8.57. The van der Waals surface area contributed by atoms with Crippen LogP contribution in [0, 0.1) is 6.92 Å². The molecule has 0 saturated heterocycles. The van der Waals surface area contributed by atoms with Crippen LogP contribution in [0.15, 0.2) is 0 Å². The first-order valence-electron chi connectivity index (χ1n) is 7.78. The van der Waals surface area contributed by atoms with Gasteiger partial charge in [0.05, 0.1) is 5.25 Å². The summed E-state index contributed by atoms with van der Waals surface area (Å²) in [4.78, 5) is 12.2. The zero-order valence-corrected chi connectivity index (χ0v) is 15.0. The number of urea groups is 1. The van der Waals surface area contributed by atoms with E-state index in [4.69, 9.17) is 0 Å². The van der Waals surface area contributed by atoms with E-state index < -0.39 is 39.0 Å². The number of carbonyl (C=O) groups excluding carboxylic acids is 1. The molecule has 1 saturated carbocycles. The number of sulfone groups is 1. The lowest BCUT2D eigenvalue weighted by Crippen LogP contribution is -2.49. The van der Waals surface area contributed by atoms with Crippen LogP contribution in [0.5, 0.6) is 0 Å². The molecule has 11 heteroatoms. The molecule has 0 aromatic carbocycles. The second kappa shape index (κ2) is 6.85. The molecule has 2 amide bonds. The summed E-state index contributed by atoms with van der Waals surface area (Å²) in [5, 5.41) is 7.62. The third-order valence-electron chi connectivity index (χ3n) is 4.35. The number of amides is 2. The van der Waals surface area contributed by atoms with Crippen molar-refractivity contribution in [3.63, 3.8) is 0 Å². The Hall–Kier alpha value is -1.78. The van der Waals surface area contributed by atoms with Crippen molar-refractivity contribution in [2.75, 3.05) is 11.6 Å². The van der Waals surface area contributed by atoms with Crippen LogP contribution in [-0.2, 0) is 23.1 Å². The van der Waals surface area contributed by atoms with Crippen molar-refractivity contribution in [2.45, 2.75) is 50.1 Å². The second-order valence-electron chi connectivity index (χ2n) is 6.30. The smallest absolute Gasteiger partial charge is 0.334 e. The number of rotatable bonds is 3. The van der Waals surface area contributed by atoms with Crippen LogP contribution >= 0.6 is 0 Å². The number of nitrogens with zero attached hydrogens (tertiary/aromatic N) is 2. The summed E-state index contributed by atoms with van der Waals surface area (Å²) in [5.74, 6) is -0.0865. The minimum atomic E-state index is -4.62. The standard InChI is InChI=1S/C14H21F3N4O3S/c1-8-11(14(15,16)17)20-21(2)12(8)19-13(22)18-9-6-4-5-7-10(9)25(3,23)24/h9-10H,4-7H2,1-3H3,(H2,18,19,22)/t9-,10-/m1/s1. The van der Waals surface area contributed by atoms with Gasteiger partial charge in [-0.15, -0.1) is 0 Å². The number of nitrogens with one attached hydrogen (secondary N) is 2. The number of hydrogen-bond acceptors (Lipinski definition) is 4. The molecule has 0 unspecified atom stereocenters. The fourth-order valence-corrected chi connectivity index (χ4v) is 4.56. The van der Waals surface area contributed by atoms with E-state index in [-0.39, 0.29) is 11.4 Å². The summed E-state index contributed by atoms with van der Waals surface area (Å²) in [6, 6.07) is -1.32. The van der Waals surface area contributed by atoms with E-state index in [1.165, 1.54) is 14.0 Å². The summed E-state index contributed by atoms with van der Waals surface area (Å²) in [6.07, 6.45) is -1.01. The highest BCUT2D eigenvalue weighted by molar-refractivity contribution is 7.91. The van der Waals surface area contributed by atoms with Gasteiger partial charge in [-0.25, -0.2) is 13.2 Å². The Morgan fingerprint density at radius 2 is 1.88 bits per heavy atom. The average molecular weight is 382 g/mol. The van der Waals surface area contributed by atoms with Crippen LogP contribution in [0.25, 0.3) is 0 Å². The molecule has 0 bridgehead atoms. The Balaban J connectivity index is 2.14. The number of anilines is 1. The van der Waals surface area contributed by atoms with Gasteiger partial charge in [0.1, 0.15) is 5.82 Å². The van der Waals surface area contributed by atoms with Gasteiger partial charge in [0.15, 0.2) is 15.5 Å². The molecule has 1 heterocycles. The summed E-state index contributed by atoms with van der Waals surface area (Å²) >= 11 is 0. The molecule has 25 heavy (non-hydrogen) atoms. The normalized spacial score (nSPS) is 21.8. The van der Waals surface area contributed by atoms with Crippen LogP contribution in [0.1, 0.15) is 36.9 Å². The predicted octanol–water partition coefficient (Wildman–Crippen LogP) is 2.22. The number of hydrogen-bond donors (Lipinski definition) is 2. The molecule has 7 nitrogen and oxygen atoms in total. The molecule has 1 aliphatic carbocycles. The van der Waals surface area contributed by atoms with Crippen LogP contribution in [0.2, 0.25) is 0 Å². The SMILES string of the molecule is Cc1c(C(F)(F)F)nn(C)c1NC(=O)N[C@@H]1CCCC[C@H]1S(C)(=O)=O. The predicted molar refractivity (Wildman–Crippen MR) is 86.0 cm³/mol. The van der Waals surface area contributed by atoms with Crippen molar-refractivity contribution in [3.8, 4) is 0 Å². The summed E-state index contributed by atoms with van der Waals surface area (Å²) in [7, 11) is -2.04. The van der Waals surface area contributed by atoms with Crippen LogP contribution < -0.4 is 10.6 Å². The quantitative estimate of drug-likeness (QED) is 0.838. The van der Waals surface area contributed by atoms with Crippen molar-refractivity contribution in [1.29, 1.82) is 0 Å². The Bertz CT molecular complexity index is 758. The van der Waals surface area contributed by atoms with Crippen molar-refractivity contribution in [2.24, 2.45) is 7.05 Å². The molecule has 0 radical (unpaired) electrons. The third-order valence-corrected chi connectivity index (χ3v) is 6.02. The highest BCUT2D eigenvalue weighted by atomic mass is 32.2. The van der Waals surface area contributed by atoms with Gasteiger partial charge < -0.3 is 5.32 Å². The van der Waals surface area contributed by atoms with Crippen molar-refractivity contribution in [3.05, 3.63) is 11.3 Å². The van der Waals surface area contributed by atoms with Crippen LogP contribution in [0.3, 0.4) is 0 Å². The molecule has 1 aromatic rings. The first-order valence-corrected chi connectivity index (χ1v) is 9.74. The molecule has 2 rings (SSSR count). The highest BCUT2D eigenvalue weighted by Crippen LogP contribution is 2.33. The van der Waals surface area contributed by atoms with Gasteiger partial charge in [-0.1, -0.05) is 12.8 Å². The van der Waals surface area contributed by atoms with Gasteiger partial charge in [0.2, 0.25) is 0 Å². The van der Waals surface area contributed by atoms with Gasteiger partial charge >= 0.3 is 12.2 Å². The van der Waals surface area contributed by atoms with E-state index in [1.54, 1.807) is 0 Å². The average Bonchev–Trinajstić information content (AvgIpc) is 2.74. The number of carbonyl (C=O) groups is 1. The van der Waals surface area contributed by atoms with E-state index in [1.807, 2.05) is 0 Å². The van der Waals surface area contributed by atoms with Gasteiger partial charge in [0, 0.05) is 24.9 Å². The van der Waals surface area contributed by atoms with Crippen LogP contribution in [0.4, 0.5) is 23.8 Å². The minimum absolute atomic E-state index is 0.0865. The number of aryl methyl sites for hydroxylation is 1. The Morgan fingerprint density at radius 1 is 1.28 bits per heavy atom. The summed E-state index contributed by atoms with van der Waals surface area (Å²) in [6.45, 7) is 1.21. The molecule has 0 aliphatic heterocycles. The number of halogens is 3. The van der Waals surface area contributed by atoms with Crippen LogP contribution in [-0.4, -0.2) is 41.8 Å². The van der Waals surface area contributed by atoms with Gasteiger partial charge in [-0.3, -0.25) is 10.00 Å². The highest BCUT2D eigenvalue weighted by Gasteiger charge is 2.38. The first-order chi connectivity index (χ1) is 11.4. The zero-order valence-electron chi connectivity index (χ0n) is 14.1. The van der Waals surface area contributed by atoms with Crippen molar-refractivity contribution >= 4 is 21.7 Å². The topological polar surface area (TPSA) is 93.1 Å². The molecule has 1 fully saturated rings. The van der Waals surface area contributed by atoms with E-state index >= 15 is 0 Å².